The van der Waals surface area contributed by atoms with E-state index in [1.165, 1.54) is 0 Å². The zero-order chi connectivity index (χ0) is 9.97. The largest absolute Gasteiger partial charge is 0.492 e. The lowest BCUT2D eigenvalue weighted by Gasteiger charge is -1.94. The van der Waals surface area contributed by atoms with Gasteiger partial charge in [-0.25, -0.2) is 0 Å². The number of aromatic amines is 1. The fraction of sp³-hybridized carbons (Fsp3) is 0.200. The molecule has 0 saturated heterocycles. The summed E-state index contributed by atoms with van der Waals surface area (Å²) < 4.78 is 0. The molecule has 72 valence electrons. The molecular weight excluding hydrogens is 178 g/mol. The van der Waals surface area contributed by atoms with E-state index in [2.05, 4.69) is 15.0 Å². The molecule has 0 atom stereocenters. The van der Waals surface area contributed by atoms with Crippen LogP contribution in [0.5, 0.6) is 5.88 Å². The van der Waals surface area contributed by atoms with E-state index in [0.717, 1.165) is 11.5 Å². The Morgan fingerprint density at radius 3 is 2.86 bits per heavy atom. The molecule has 0 aromatic carbocycles. The molecular formula is C10H11N3O. The molecule has 0 radical (unpaired) electrons. The van der Waals surface area contributed by atoms with Crippen molar-refractivity contribution in [3.8, 4) is 5.88 Å². The summed E-state index contributed by atoms with van der Waals surface area (Å²) in [6.07, 6.45) is 2.35. The molecule has 2 aromatic rings. The van der Waals surface area contributed by atoms with Gasteiger partial charge in [0, 0.05) is 18.3 Å². The highest BCUT2D eigenvalue weighted by molar-refractivity contribution is 5.20. The molecule has 0 aliphatic rings. The smallest absolute Gasteiger partial charge is 0.232 e. The molecule has 2 heterocycles. The first-order valence-electron chi connectivity index (χ1n) is 4.40. The van der Waals surface area contributed by atoms with E-state index in [4.69, 9.17) is 0 Å². The molecule has 0 saturated carbocycles. The maximum atomic E-state index is 9.26. The van der Waals surface area contributed by atoms with Gasteiger partial charge in [0.25, 0.3) is 0 Å². The Hall–Kier alpha value is -1.84. The third-order valence-electron chi connectivity index (χ3n) is 1.98. The van der Waals surface area contributed by atoms with Gasteiger partial charge in [-0.15, -0.1) is 0 Å². The highest BCUT2D eigenvalue weighted by Gasteiger charge is 2.05. The summed E-state index contributed by atoms with van der Waals surface area (Å²) >= 11 is 0. The molecule has 0 bridgehead atoms. The molecule has 4 heteroatoms. The predicted molar refractivity (Wildman–Crippen MR) is 52.0 cm³/mol. The van der Waals surface area contributed by atoms with Gasteiger partial charge >= 0.3 is 0 Å². The third kappa shape index (κ3) is 1.74. The van der Waals surface area contributed by atoms with Crippen molar-refractivity contribution in [2.75, 3.05) is 0 Å². The van der Waals surface area contributed by atoms with Crippen LogP contribution in [-0.4, -0.2) is 20.1 Å². The minimum absolute atomic E-state index is 0.0657. The average molecular weight is 189 g/mol. The Morgan fingerprint density at radius 1 is 1.43 bits per heavy atom. The van der Waals surface area contributed by atoms with Gasteiger partial charge in [-0.1, -0.05) is 6.07 Å². The SMILES string of the molecule is Cc1[nH]c(Cc2ccccn2)nc1O. The monoisotopic (exact) mass is 189 g/mol. The number of aromatic hydroxyl groups is 1. The van der Waals surface area contributed by atoms with E-state index in [1.54, 1.807) is 13.1 Å². The summed E-state index contributed by atoms with van der Waals surface area (Å²) in [6.45, 7) is 1.78. The lowest BCUT2D eigenvalue weighted by atomic mass is 10.3. The molecule has 0 amide bonds. The van der Waals surface area contributed by atoms with Gasteiger partial charge in [0.2, 0.25) is 5.88 Å². The zero-order valence-electron chi connectivity index (χ0n) is 7.86. The number of hydrogen-bond acceptors (Lipinski definition) is 3. The van der Waals surface area contributed by atoms with Crippen LogP contribution in [0.25, 0.3) is 0 Å². The first-order valence-corrected chi connectivity index (χ1v) is 4.40. The van der Waals surface area contributed by atoms with Gasteiger partial charge in [-0.05, 0) is 19.1 Å². The van der Waals surface area contributed by atoms with Crippen LogP contribution >= 0.6 is 0 Å². The second kappa shape index (κ2) is 3.49. The highest BCUT2D eigenvalue weighted by Crippen LogP contribution is 2.13. The van der Waals surface area contributed by atoms with Crippen LogP contribution in [-0.2, 0) is 6.42 Å². The second-order valence-electron chi connectivity index (χ2n) is 3.13. The summed E-state index contributed by atoms with van der Waals surface area (Å²) in [5.74, 6) is 0.801. The van der Waals surface area contributed by atoms with E-state index in [-0.39, 0.29) is 5.88 Å². The number of imidazole rings is 1. The van der Waals surface area contributed by atoms with E-state index >= 15 is 0 Å². The fourth-order valence-corrected chi connectivity index (χ4v) is 1.27. The normalized spacial score (nSPS) is 10.4. The van der Waals surface area contributed by atoms with E-state index < -0.39 is 0 Å². The van der Waals surface area contributed by atoms with Gasteiger partial charge in [-0.2, -0.15) is 4.98 Å². The Kier molecular flexibility index (Phi) is 2.18. The number of nitrogens with zero attached hydrogens (tertiary/aromatic N) is 2. The third-order valence-corrected chi connectivity index (χ3v) is 1.98. The molecule has 0 spiro atoms. The quantitative estimate of drug-likeness (QED) is 0.750. The summed E-state index contributed by atoms with van der Waals surface area (Å²) in [7, 11) is 0. The van der Waals surface area contributed by atoms with Gasteiger partial charge in [-0.3, -0.25) is 4.98 Å². The molecule has 14 heavy (non-hydrogen) atoms. The average Bonchev–Trinajstić information content (AvgIpc) is 2.47. The van der Waals surface area contributed by atoms with Gasteiger partial charge in [0.1, 0.15) is 5.82 Å². The number of pyridine rings is 1. The summed E-state index contributed by atoms with van der Waals surface area (Å²) in [4.78, 5) is 11.1. The lowest BCUT2D eigenvalue weighted by molar-refractivity contribution is 0.451. The number of aromatic nitrogens is 3. The summed E-state index contributed by atoms with van der Waals surface area (Å²) in [5, 5.41) is 9.26. The van der Waals surface area contributed by atoms with E-state index in [9.17, 15) is 5.11 Å². The van der Waals surface area contributed by atoms with Crippen LogP contribution in [0.3, 0.4) is 0 Å². The molecule has 2 aromatic heterocycles. The standard InChI is InChI=1S/C10H11N3O/c1-7-10(14)13-9(12-7)6-8-4-2-3-5-11-8/h2-5,14H,6H2,1H3,(H,12,13). The number of nitrogens with one attached hydrogen (secondary N) is 1. The van der Waals surface area contributed by atoms with Crippen molar-refractivity contribution < 1.29 is 5.11 Å². The van der Waals surface area contributed by atoms with E-state index in [1.807, 2.05) is 18.2 Å². The minimum atomic E-state index is 0.0657. The topological polar surface area (TPSA) is 61.8 Å². The first-order chi connectivity index (χ1) is 6.75. The fourth-order valence-electron chi connectivity index (χ4n) is 1.27. The molecule has 0 aliphatic carbocycles. The minimum Gasteiger partial charge on any atom is -0.492 e. The van der Waals surface area contributed by atoms with Crippen molar-refractivity contribution in [3.05, 3.63) is 41.6 Å². The van der Waals surface area contributed by atoms with Gasteiger partial charge in [0.05, 0.1) is 5.69 Å². The number of aryl methyl sites for hydroxylation is 1. The van der Waals surface area contributed by atoms with Crippen molar-refractivity contribution in [1.29, 1.82) is 0 Å². The summed E-state index contributed by atoms with van der Waals surface area (Å²) in [5.41, 5.74) is 1.62. The van der Waals surface area contributed by atoms with Crippen molar-refractivity contribution in [2.45, 2.75) is 13.3 Å². The molecule has 0 unspecified atom stereocenters. The highest BCUT2D eigenvalue weighted by atomic mass is 16.3. The number of hydrogen-bond donors (Lipinski definition) is 2. The Labute approximate surface area is 81.7 Å². The van der Waals surface area contributed by atoms with Crippen LogP contribution in [0.1, 0.15) is 17.2 Å². The van der Waals surface area contributed by atoms with Crippen molar-refractivity contribution >= 4 is 0 Å². The van der Waals surface area contributed by atoms with Crippen molar-refractivity contribution in [2.24, 2.45) is 0 Å². The maximum Gasteiger partial charge on any atom is 0.232 e. The van der Waals surface area contributed by atoms with Crippen molar-refractivity contribution in [3.63, 3.8) is 0 Å². The molecule has 2 N–H and O–H groups in total. The number of H-pyrrole nitrogens is 1. The van der Waals surface area contributed by atoms with Crippen LogP contribution < -0.4 is 0 Å². The zero-order valence-corrected chi connectivity index (χ0v) is 7.86. The summed E-state index contributed by atoms with van der Waals surface area (Å²) in [6, 6.07) is 5.72. The molecule has 2 rings (SSSR count). The molecule has 0 aliphatic heterocycles. The molecule has 0 fully saturated rings. The number of rotatable bonds is 2. The van der Waals surface area contributed by atoms with Crippen LogP contribution in [0.4, 0.5) is 0 Å². The van der Waals surface area contributed by atoms with Crippen molar-refractivity contribution in [1.82, 2.24) is 15.0 Å². The van der Waals surface area contributed by atoms with Gasteiger partial charge in [0.15, 0.2) is 0 Å². The Balaban J connectivity index is 2.19. The Bertz CT molecular complexity index is 403. The predicted octanol–water partition coefficient (Wildman–Crippen LogP) is 1.41. The van der Waals surface area contributed by atoms with Crippen LogP contribution in [0.15, 0.2) is 24.4 Å². The Morgan fingerprint density at radius 2 is 2.29 bits per heavy atom. The van der Waals surface area contributed by atoms with Gasteiger partial charge < -0.3 is 10.1 Å². The molecule has 4 nitrogen and oxygen atoms in total. The maximum absolute atomic E-state index is 9.26. The van der Waals surface area contributed by atoms with Crippen LogP contribution in [0, 0.1) is 6.92 Å². The van der Waals surface area contributed by atoms with E-state index in [0.29, 0.717) is 12.1 Å². The first kappa shape index (κ1) is 8.74. The second-order valence-corrected chi connectivity index (χ2v) is 3.13. The lowest BCUT2D eigenvalue weighted by Crippen LogP contribution is -1.93. The van der Waals surface area contributed by atoms with Crippen LogP contribution in [0.2, 0.25) is 0 Å².